The average molecular weight is 1030 g/mol. The molecular formula is C50H60N10O14. The van der Waals surface area contributed by atoms with Crippen LogP contribution in [0.5, 0.6) is 0 Å². The van der Waals surface area contributed by atoms with Crippen molar-refractivity contribution in [2.24, 2.45) is 0 Å². The molecule has 4 heterocycles. The Hall–Kier alpha value is -8.28. The van der Waals surface area contributed by atoms with Crippen molar-refractivity contribution in [1.82, 2.24) is 51.7 Å². The molecule has 394 valence electrons. The Morgan fingerprint density at radius 2 is 1.41 bits per heavy atom. The summed E-state index contributed by atoms with van der Waals surface area (Å²) in [4.78, 5) is 142. The topological polar surface area (TPSA) is 354 Å². The van der Waals surface area contributed by atoms with E-state index in [-0.39, 0.29) is 50.4 Å². The van der Waals surface area contributed by atoms with Crippen molar-refractivity contribution in [3.05, 3.63) is 86.4 Å². The molecule has 0 saturated heterocycles. The zero-order valence-electron chi connectivity index (χ0n) is 41.2. The molecule has 3 atom stereocenters. The summed E-state index contributed by atoms with van der Waals surface area (Å²) >= 11 is 0. The average Bonchev–Trinajstić information content (AvgIpc) is 3.89. The maximum Gasteiger partial charge on any atom is 0.305 e. The lowest BCUT2D eigenvalue weighted by Gasteiger charge is -2.30. The van der Waals surface area contributed by atoms with Gasteiger partial charge in [-0.1, -0.05) is 19.9 Å². The largest absolute Gasteiger partial charge is 0.509 e. The first kappa shape index (κ1) is 55.0. The maximum atomic E-state index is 13.5. The number of amides is 9. The molecular weight excluding hydrogens is 965 g/mol. The minimum absolute atomic E-state index is 0.0642. The number of hydrogen-bond donors (Lipinski definition) is 10. The Morgan fingerprint density at radius 1 is 0.784 bits per heavy atom. The highest BCUT2D eigenvalue weighted by Crippen LogP contribution is 2.45. The smallest absolute Gasteiger partial charge is 0.305 e. The molecule has 2 aromatic heterocycles. The van der Waals surface area contributed by atoms with Gasteiger partial charge in [-0.15, -0.1) is 0 Å². The normalized spacial score (nSPS) is 15.3. The van der Waals surface area contributed by atoms with Gasteiger partial charge in [-0.3, -0.25) is 57.6 Å². The fraction of sp³-hybridized carbons (Fsp3) is 0.440. The van der Waals surface area contributed by atoms with E-state index in [1.54, 1.807) is 17.6 Å². The van der Waals surface area contributed by atoms with E-state index in [1.807, 2.05) is 19.9 Å². The van der Waals surface area contributed by atoms with Crippen LogP contribution in [0.3, 0.4) is 0 Å². The number of nitrogens with zero attached hydrogens (tertiary/aromatic N) is 3. The van der Waals surface area contributed by atoms with Crippen LogP contribution >= 0.6 is 0 Å². The SMILES string of the molecule is C=C(O)[C@](O)(CC)c1cc2n(c(=O)c1)Cc1c-2nc2cc(C)c(C)c3c2c1[C@@H](NC(=O)CCNC(=O)CNC(=O)CNC(=O)CNC(=O)CNC(=O)[C@H](CC(=O)O)NC(=O)CCCCCN1C(=O)C=CC1=O)CC3. The van der Waals surface area contributed by atoms with Gasteiger partial charge in [-0.2, -0.15) is 0 Å². The molecule has 0 unspecified atom stereocenters. The molecule has 9 amide bonds. The van der Waals surface area contributed by atoms with Crippen molar-refractivity contribution in [2.75, 3.05) is 39.3 Å². The predicted molar refractivity (Wildman–Crippen MR) is 263 cm³/mol. The van der Waals surface area contributed by atoms with E-state index in [4.69, 9.17) is 4.98 Å². The summed E-state index contributed by atoms with van der Waals surface area (Å²) in [6.45, 7) is 7.14. The second-order valence-corrected chi connectivity index (χ2v) is 18.3. The Kier molecular flexibility index (Phi) is 17.8. The molecule has 0 saturated carbocycles. The van der Waals surface area contributed by atoms with Gasteiger partial charge in [0.05, 0.1) is 62.1 Å². The molecule has 6 rings (SSSR count). The molecule has 24 nitrogen and oxygen atoms in total. The van der Waals surface area contributed by atoms with Crippen LogP contribution in [-0.4, -0.2) is 134 Å². The van der Waals surface area contributed by atoms with E-state index >= 15 is 0 Å². The fourth-order valence-electron chi connectivity index (χ4n) is 9.09. The van der Waals surface area contributed by atoms with Crippen LogP contribution in [0, 0.1) is 13.8 Å². The molecule has 0 bridgehead atoms. The second-order valence-electron chi connectivity index (χ2n) is 18.3. The van der Waals surface area contributed by atoms with E-state index in [0.29, 0.717) is 49.0 Å². The number of unbranched alkanes of at least 4 members (excludes halogenated alkanes) is 2. The first-order valence-corrected chi connectivity index (χ1v) is 24.1. The van der Waals surface area contributed by atoms with Crippen LogP contribution in [0.25, 0.3) is 22.3 Å². The molecule has 24 heteroatoms. The third-order valence-corrected chi connectivity index (χ3v) is 13.2. The number of benzene rings is 1. The lowest BCUT2D eigenvalue weighted by molar-refractivity contribution is -0.141. The summed E-state index contributed by atoms with van der Waals surface area (Å²) in [5.41, 5.74) is 4.40. The third kappa shape index (κ3) is 13.0. The lowest BCUT2D eigenvalue weighted by Crippen LogP contribution is -2.50. The van der Waals surface area contributed by atoms with Gasteiger partial charge >= 0.3 is 5.97 Å². The van der Waals surface area contributed by atoms with Gasteiger partial charge in [0.2, 0.25) is 41.4 Å². The Morgan fingerprint density at radius 3 is 2.01 bits per heavy atom. The summed E-state index contributed by atoms with van der Waals surface area (Å²) in [5.74, 6) is -7.72. The van der Waals surface area contributed by atoms with Crippen LogP contribution in [0.15, 0.2) is 47.5 Å². The fourth-order valence-corrected chi connectivity index (χ4v) is 9.09. The molecule has 2 aliphatic heterocycles. The van der Waals surface area contributed by atoms with E-state index in [2.05, 4.69) is 43.8 Å². The Bertz CT molecular complexity index is 2910. The van der Waals surface area contributed by atoms with Gasteiger partial charge in [0.1, 0.15) is 17.4 Å². The summed E-state index contributed by atoms with van der Waals surface area (Å²) < 4.78 is 1.55. The zero-order valence-corrected chi connectivity index (χ0v) is 41.2. The molecule has 3 aromatic rings. The van der Waals surface area contributed by atoms with Crippen LogP contribution in [0.1, 0.15) is 97.7 Å². The number of rotatable bonds is 25. The van der Waals surface area contributed by atoms with Crippen LogP contribution < -0.4 is 42.8 Å². The Labute approximate surface area is 423 Å². The van der Waals surface area contributed by atoms with E-state index in [9.17, 15) is 68.1 Å². The standard InChI is InChI=1S/C50H60N10O14/c1-5-50(74,28(4)61)29-18-35-48-31(25-60(35)44(70)19-29)47-32(11-10-30-27(3)26(2)17-33(58-48)46(30)47)56-37(63)14-15-51-38(64)21-52-39(65)22-53-40(66)23-54-41(67)24-55-49(73)34(20-45(71)72)57-36(62)9-7-6-8-16-59-42(68)12-13-43(59)69/h12-13,17-19,32,34,61,74H,4-11,14-16,20-25H2,1-3H3,(H,51,64)(H,52,65)(H,53,66)(H,54,67)(H,55,73)(H,56,63)(H,57,62)(H,71,72)/t32-,34-,50+/m0/s1. The lowest BCUT2D eigenvalue weighted by atomic mass is 9.80. The summed E-state index contributed by atoms with van der Waals surface area (Å²) in [6, 6.07) is 2.89. The number of imide groups is 1. The summed E-state index contributed by atoms with van der Waals surface area (Å²) in [6.07, 6.45) is 3.82. The number of fused-ring (bicyclic) bond motifs is 4. The van der Waals surface area contributed by atoms with Crippen molar-refractivity contribution < 1.29 is 63.3 Å². The number of carboxylic acids is 1. The van der Waals surface area contributed by atoms with Gasteiger partial charge in [0.15, 0.2) is 0 Å². The maximum absolute atomic E-state index is 13.5. The first-order chi connectivity index (χ1) is 35.1. The monoisotopic (exact) mass is 1020 g/mol. The predicted octanol–water partition coefficient (Wildman–Crippen LogP) is -0.769. The number of pyridine rings is 2. The molecule has 0 spiro atoms. The van der Waals surface area contributed by atoms with E-state index < -0.39 is 115 Å². The van der Waals surface area contributed by atoms with Gasteiger partial charge in [0, 0.05) is 55.1 Å². The second kappa shape index (κ2) is 24.0. The number of aliphatic hydroxyl groups excluding tert-OH is 1. The number of aryl methyl sites for hydroxylation is 2. The molecule has 1 aliphatic carbocycles. The van der Waals surface area contributed by atoms with Crippen LogP contribution in [0.4, 0.5) is 0 Å². The minimum atomic E-state index is -1.85. The van der Waals surface area contributed by atoms with Crippen molar-refractivity contribution in [1.29, 1.82) is 0 Å². The number of carbonyl (C=O) groups is 10. The number of aliphatic hydroxyl groups is 2. The first-order valence-electron chi connectivity index (χ1n) is 24.1. The molecule has 74 heavy (non-hydrogen) atoms. The number of carbonyl (C=O) groups excluding carboxylic acids is 9. The molecule has 3 aliphatic rings. The molecule has 10 N–H and O–H groups in total. The van der Waals surface area contributed by atoms with Crippen molar-refractivity contribution in [3.8, 4) is 11.4 Å². The van der Waals surface area contributed by atoms with Gasteiger partial charge in [-0.05, 0) is 85.9 Å². The molecule has 0 radical (unpaired) electrons. The molecule has 0 fully saturated rings. The third-order valence-electron chi connectivity index (χ3n) is 13.2. The number of nitrogens with one attached hydrogen (secondary N) is 7. The highest BCUT2D eigenvalue weighted by atomic mass is 16.4. The number of carboxylic acid groups (broad SMARTS) is 1. The van der Waals surface area contributed by atoms with E-state index in [1.165, 1.54) is 6.07 Å². The highest BCUT2D eigenvalue weighted by molar-refractivity contribution is 6.12. The summed E-state index contributed by atoms with van der Waals surface area (Å²) in [5, 5.41) is 48.7. The number of hydrogen-bond acceptors (Lipinski definition) is 14. The summed E-state index contributed by atoms with van der Waals surface area (Å²) in [7, 11) is 0. The van der Waals surface area contributed by atoms with Gasteiger partial charge in [0.25, 0.3) is 17.4 Å². The Balaban J connectivity index is 0.902. The van der Waals surface area contributed by atoms with Crippen molar-refractivity contribution >= 4 is 70.0 Å². The van der Waals surface area contributed by atoms with Crippen LogP contribution in [-0.2, 0) is 66.5 Å². The van der Waals surface area contributed by atoms with Crippen molar-refractivity contribution in [2.45, 2.75) is 103 Å². The minimum Gasteiger partial charge on any atom is -0.509 e. The van der Waals surface area contributed by atoms with Crippen molar-refractivity contribution in [3.63, 3.8) is 0 Å². The quantitative estimate of drug-likeness (QED) is 0.0221. The van der Waals surface area contributed by atoms with E-state index in [0.717, 1.165) is 50.3 Å². The van der Waals surface area contributed by atoms with Gasteiger partial charge < -0.3 is 57.1 Å². The van der Waals surface area contributed by atoms with Gasteiger partial charge in [-0.25, -0.2) is 4.98 Å². The van der Waals surface area contributed by atoms with Crippen LogP contribution in [0.2, 0.25) is 0 Å². The molecule has 1 aromatic carbocycles. The highest BCUT2D eigenvalue weighted by Gasteiger charge is 2.37. The zero-order chi connectivity index (χ0) is 54.0. The number of aromatic nitrogens is 2. The number of aliphatic carboxylic acids is 1.